The van der Waals surface area contributed by atoms with E-state index in [-0.39, 0.29) is 16.9 Å². The van der Waals surface area contributed by atoms with Crippen molar-refractivity contribution in [2.45, 2.75) is 6.92 Å². The number of nitriles is 1. The zero-order valence-electron chi connectivity index (χ0n) is 7.22. The van der Waals surface area contributed by atoms with E-state index in [2.05, 4.69) is 4.98 Å². The summed E-state index contributed by atoms with van der Waals surface area (Å²) < 4.78 is 0. The number of aromatic nitrogens is 1. The summed E-state index contributed by atoms with van der Waals surface area (Å²) in [7, 11) is 0. The summed E-state index contributed by atoms with van der Waals surface area (Å²) in [5.41, 5.74) is -0.487. The quantitative estimate of drug-likeness (QED) is 0.395. The number of nitrogens with zero attached hydrogens (tertiary/aromatic N) is 3. The Morgan fingerprint density at radius 1 is 1.71 bits per heavy atom. The lowest BCUT2D eigenvalue weighted by atomic mass is 10.1. The van der Waals surface area contributed by atoms with E-state index in [1.165, 1.54) is 6.92 Å². The van der Waals surface area contributed by atoms with Crippen LogP contribution in [0.25, 0.3) is 0 Å². The highest BCUT2D eigenvalue weighted by molar-refractivity contribution is 5.98. The van der Waals surface area contributed by atoms with Gasteiger partial charge in [-0.1, -0.05) is 0 Å². The van der Waals surface area contributed by atoms with E-state index in [0.717, 1.165) is 12.3 Å². The first-order valence-electron chi connectivity index (χ1n) is 3.61. The third-order valence-corrected chi connectivity index (χ3v) is 1.57. The minimum atomic E-state index is -0.703. The Balaban J connectivity index is 3.40. The molecular formula is C8H5N3O3. The lowest BCUT2D eigenvalue weighted by molar-refractivity contribution is -0.385. The molecule has 0 atom stereocenters. The minimum absolute atomic E-state index is 0.0131. The predicted molar refractivity (Wildman–Crippen MR) is 45.6 cm³/mol. The van der Waals surface area contributed by atoms with Crippen LogP contribution in [0.1, 0.15) is 23.0 Å². The highest BCUT2D eigenvalue weighted by atomic mass is 16.6. The van der Waals surface area contributed by atoms with Crippen molar-refractivity contribution < 1.29 is 9.72 Å². The van der Waals surface area contributed by atoms with Gasteiger partial charge in [0.15, 0.2) is 5.78 Å². The molecule has 1 aromatic heterocycles. The number of Topliss-reactive ketones (excluding diaryl/α,β-unsaturated/α-hetero) is 1. The molecule has 14 heavy (non-hydrogen) atoms. The van der Waals surface area contributed by atoms with Crippen molar-refractivity contribution >= 4 is 11.5 Å². The van der Waals surface area contributed by atoms with Crippen LogP contribution < -0.4 is 0 Å². The second kappa shape index (κ2) is 3.62. The molecule has 1 heterocycles. The fraction of sp³-hybridized carbons (Fsp3) is 0.125. The van der Waals surface area contributed by atoms with Gasteiger partial charge in [0.1, 0.15) is 18.0 Å². The van der Waals surface area contributed by atoms with Crippen molar-refractivity contribution in [3.8, 4) is 6.07 Å². The summed E-state index contributed by atoms with van der Waals surface area (Å²) in [4.78, 5) is 24.3. The number of ketones is 1. The largest absolute Gasteiger partial charge is 0.298 e. The normalized spacial score (nSPS) is 9.14. The Labute approximate surface area is 79.0 Å². The summed E-state index contributed by atoms with van der Waals surface area (Å²) >= 11 is 0. The lowest BCUT2D eigenvalue weighted by Gasteiger charge is -1.97. The molecule has 0 fully saturated rings. The van der Waals surface area contributed by atoms with Crippen LogP contribution in [0, 0.1) is 21.4 Å². The van der Waals surface area contributed by atoms with Crippen LogP contribution in [0.15, 0.2) is 12.3 Å². The van der Waals surface area contributed by atoms with Crippen molar-refractivity contribution in [3.63, 3.8) is 0 Å². The molecule has 0 aliphatic carbocycles. The molecule has 0 N–H and O–H groups in total. The summed E-state index contributed by atoms with van der Waals surface area (Å²) in [5.74, 6) is -0.462. The van der Waals surface area contributed by atoms with E-state index < -0.39 is 10.7 Å². The van der Waals surface area contributed by atoms with Gasteiger partial charge in [-0.3, -0.25) is 14.9 Å². The molecule has 0 saturated carbocycles. The monoisotopic (exact) mass is 191 g/mol. The van der Waals surface area contributed by atoms with Crippen LogP contribution in [0.5, 0.6) is 0 Å². The first-order chi connectivity index (χ1) is 6.56. The van der Waals surface area contributed by atoms with E-state index in [4.69, 9.17) is 5.26 Å². The van der Waals surface area contributed by atoms with Gasteiger partial charge in [0, 0.05) is 0 Å². The first-order valence-corrected chi connectivity index (χ1v) is 3.61. The molecule has 0 bridgehead atoms. The van der Waals surface area contributed by atoms with Gasteiger partial charge in [0.2, 0.25) is 0 Å². The Hall–Kier alpha value is -2.29. The van der Waals surface area contributed by atoms with E-state index in [0.29, 0.717) is 0 Å². The average molecular weight is 191 g/mol. The molecule has 6 heteroatoms. The number of rotatable bonds is 2. The second-order valence-corrected chi connectivity index (χ2v) is 2.51. The number of carbonyl (C=O) groups is 1. The molecule has 6 nitrogen and oxygen atoms in total. The summed E-state index contributed by atoms with van der Waals surface area (Å²) in [6.07, 6.45) is 0.912. The van der Waals surface area contributed by atoms with Crippen LogP contribution in [0.4, 0.5) is 5.69 Å². The van der Waals surface area contributed by atoms with Gasteiger partial charge in [0.25, 0.3) is 5.69 Å². The summed E-state index contributed by atoms with van der Waals surface area (Å²) in [6.45, 7) is 1.20. The number of nitro groups is 1. The zero-order valence-corrected chi connectivity index (χ0v) is 7.22. The molecule has 0 spiro atoms. The smallest absolute Gasteiger partial charge is 0.294 e. The first kappa shape index (κ1) is 9.80. The van der Waals surface area contributed by atoms with Gasteiger partial charge < -0.3 is 0 Å². The minimum Gasteiger partial charge on any atom is -0.294 e. The molecule has 0 amide bonds. The fourth-order valence-corrected chi connectivity index (χ4v) is 0.937. The molecular weight excluding hydrogens is 186 g/mol. The van der Waals surface area contributed by atoms with Crippen molar-refractivity contribution in [1.82, 2.24) is 4.98 Å². The zero-order chi connectivity index (χ0) is 10.7. The third-order valence-electron chi connectivity index (χ3n) is 1.57. The summed E-state index contributed by atoms with van der Waals surface area (Å²) in [6, 6.07) is 2.81. The fourth-order valence-electron chi connectivity index (χ4n) is 0.937. The van der Waals surface area contributed by atoms with E-state index in [1.807, 2.05) is 0 Å². The van der Waals surface area contributed by atoms with Crippen molar-refractivity contribution in [2.75, 3.05) is 0 Å². The Morgan fingerprint density at radius 3 is 2.79 bits per heavy atom. The Kier molecular flexibility index (Phi) is 2.53. The van der Waals surface area contributed by atoms with Gasteiger partial charge in [-0.05, 0) is 13.0 Å². The van der Waals surface area contributed by atoms with Crippen molar-refractivity contribution in [1.29, 1.82) is 5.26 Å². The molecule has 0 radical (unpaired) electrons. The van der Waals surface area contributed by atoms with Crippen molar-refractivity contribution in [2.24, 2.45) is 0 Å². The van der Waals surface area contributed by atoms with Gasteiger partial charge in [-0.15, -0.1) is 0 Å². The Morgan fingerprint density at radius 2 is 2.36 bits per heavy atom. The van der Waals surface area contributed by atoms with Crippen LogP contribution >= 0.6 is 0 Å². The molecule has 0 aliphatic heterocycles. The highest BCUT2D eigenvalue weighted by Gasteiger charge is 2.18. The standard InChI is InChI=1S/C8H5N3O3/c1-5(12)7-2-6(3-9)10-4-8(7)11(13)14/h2,4H,1H3. The van der Waals surface area contributed by atoms with E-state index >= 15 is 0 Å². The topological polar surface area (TPSA) is 96.9 Å². The predicted octanol–water partition coefficient (Wildman–Crippen LogP) is 1.06. The van der Waals surface area contributed by atoms with Gasteiger partial charge in [-0.25, -0.2) is 4.98 Å². The van der Waals surface area contributed by atoms with E-state index in [9.17, 15) is 14.9 Å². The summed E-state index contributed by atoms with van der Waals surface area (Å²) in [5, 5.41) is 18.9. The van der Waals surface area contributed by atoms with E-state index in [1.54, 1.807) is 6.07 Å². The van der Waals surface area contributed by atoms with Gasteiger partial charge in [0.05, 0.1) is 10.5 Å². The maximum atomic E-state index is 11.0. The molecule has 0 saturated heterocycles. The molecule has 1 aromatic rings. The lowest BCUT2D eigenvalue weighted by Crippen LogP contribution is -2.02. The van der Waals surface area contributed by atoms with Crippen LogP contribution in [0.3, 0.4) is 0 Å². The maximum absolute atomic E-state index is 11.0. The van der Waals surface area contributed by atoms with Crippen LogP contribution in [-0.2, 0) is 0 Å². The average Bonchev–Trinajstić information content (AvgIpc) is 2.16. The van der Waals surface area contributed by atoms with Gasteiger partial charge in [-0.2, -0.15) is 5.26 Å². The van der Waals surface area contributed by atoms with Crippen LogP contribution in [-0.4, -0.2) is 15.7 Å². The number of pyridine rings is 1. The Bertz CT molecular complexity index is 448. The second-order valence-electron chi connectivity index (χ2n) is 2.51. The number of hydrogen-bond acceptors (Lipinski definition) is 5. The molecule has 0 aliphatic rings. The number of carbonyl (C=O) groups excluding carboxylic acids is 1. The van der Waals surface area contributed by atoms with Crippen LogP contribution in [0.2, 0.25) is 0 Å². The van der Waals surface area contributed by atoms with Gasteiger partial charge >= 0.3 is 0 Å². The third kappa shape index (κ3) is 1.72. The maximum Gasteiger partial charge on any atom is 0.298 e. The highest BCUT2D eigenvalue weighted by Crippen LogP contribution is 2.17. The molecule has 0 aromatic carbocycles. The molecule has 1 rings (SSSR count). The molecule has 0 unspecified atom stereocenters. The SMILES string of the molecule is CC(=O)c1cc(C#N)ncc1[N+](=O)[O-]. The van der Waals surface area contributed by atoms with Crippen molar-refractivity contribution in [3.05, 3.63) is 33.6 Å². The molecule has 70 valence electrons. The number of hydrogen-bond donors (Lipinski definition) is 0.